The van der Waals surface area contributed by atoms with Crippen molar-refractivity contribution in [1.82, 2.24) is 9.97 Å². The highest BCUT2D eigenvalue weighted by Gasteiger charge is 2.13. The summed E-state index contributed by atoms with van der Waals surface area (Å²) in [6.07, 6.45) is 4.20. The summed E-state index contributed by atoms with van der Waals surface area (Å²) in [7, 11) is 0. The predicted octanol–water partition coefficient (Wildman–Crippen LogP) is 3.24. The summed E-state index contributed by atoms with van der Waals surface area (Å²) >= 11 is 0. The number of aromatic nitrogens is 2. The maximum absolute atomic E-state index is 12.5. The van der Waals surface area contributed by atoms with Gasteiger partial charge in [0.1, 0.15) is 5.69 Å². The molecule has 0 radical (unpaired) electrons. The minimum absolute atomic E-state index is 0.249. The monoisotopic (exact) mass is 337 g/mol. The van der Waals surface area contributed by atoms with E-state index < -0.39 is 0 Å². The summed E-state index contributed by atoms with van der Waals surface area (Å²) < 4.78 is 0. The lowest BCUT2D eigenvalue weighted by Gasteiger charge is -2.17. The molecule has 1 aliphatic heterocycles. The first kappa shape index (κ1) is 17.0. The Morgan fingerprint density at radius 3 is 2.64 bits per heavy atom. The Bertz CT molecular complexity index is 751. The van der Waals surface area contributed by atoms with Crippen LogP contribution in [0, 0.1) is 6.92 Å². The Morgan fingerprint density at radius 1 is 1.24 bits per heavy atom. The number of carbonyl (C=O) groups is 1. The lowest BCUT2D eigenvalue weighted by Crippen LogP contribution is -2.18. The summed E-state index contributed by atoms with van der Waals surface area (Å²) in [5, 5.41) is 5.90. The van der Waals surface area contributed by atoms with E-state index in [1.807, 2.05) is 31.2 Å². The molecular weight excluding hydrogens is 314 g/mol. The Hall–Kier alpha value is -2.89. The average Bonchev–Trinajstić information content (AvgIpc) is 3.15. The molecular formula is C19H23N5O. The molecule has 0 bridgehead atoms. The van der Waals surface area contributed by atoms with Crippen molar-refractivity contribution in [3.63, 3.8) is 0 Å². The number of nitrogens with one attached hydrogen (secondary N) is 2. The minimum atomic E-state index is -0.249. The van der Waals surface area contributed by atoms with Crippen molar-refractivity contribution in [2.75, 3.05) is 35.2 Å². The van der Waals surface area contributed by atoms with Crippen molar-refractivity contribution in [3.8, 4) is 0 Å². The summed E-state index contributed by atoms with van der Waals surface area (Å²) in [6.45, 7) is 8.23. The number of aryl methyl sites for hydroxylation is 1. The number of hydrogen-bond donors (Lipinski definition) is 2. The van der Waals surface area contributed by atoms with Crippen molar-refractivity contribution in [1.29, 1.82) is 0 Å². The quantitative estimate of drug-likeness (QED) is 0.792. The standard InChI is InChI=1S/C19H23N5O/c1-3-10-20-19-21-14(2)13-17(23-19)18(25)22-15-6-8-16(9-7-15)24-11-4-5-12-24/h3,6-9,13H,1,4-5,10-12H2,2H3,(H,22,25)(H,20,21,23). The summed E-state index contributed by atoms with van der Waals surface area (Å²) in [4.78, 5) is 23.4. The number of nitrogens with zero attached hydrogens (tertiary/aromatic N) is 3. The van der Waals surface area contributed by atoms with Crippen molar-refractivity contribution < 1.29 is 4.79 Å². The smallest absolute Gasteiger partial charge is 0.274 e. The first-order valence-corrected chi connectivity index (χ1v) is 8.52. The van der Waals surface area contributed by atoms with Gasteiger partial charge in [0, 0.05) is 36.7 Å². The maximum atomic E-state index is 12.5. The van der Waals surface area contributed by atoms with Crippen LogP contribution in [0.25, 0.3) is 0 Å². The van der Waals surface area contributed by atoms with E-state index in [2.05, 4.69) is 32.1 Å². The summed E-state index contributed by atoms with van der Waals surface area (Å²) in [5.41, 5.74) is 3.02. The molecule has 130 valence electrons. The van der Waals surface area contributed by atoms with E-state index in [1.165, 1.54) is 18.5 Å². The van der Waals surface area contributed by atoms with Gasteiger partial charge in [-0.25, -0.2) is 9.97 Å². The molecule has 1 aromatic heterocycles. The molecule has 1 fully saturated rings. The van der Waals surface area contributed by atoms with E-state index in [0.29, 0.717) is 18.2 Å². The molecule has 0 atom stereocenters. The molecule has 0 aliphatic carbocycles. The molecule has 25 heavy (non-hydrogen) atoms. The molecule has 3 rings (SSSR count). The number of rotatable bonds is 6. The topological polar surface area (TPSA) is 70.2 Å². The van der Waals surface area contributed by atoms with Gasteiger partial charge in [0.05, 0.1) is 0 Å². The third-order valence-corrected chi connectivity index (χ3v) is 4.09. The van der Waals surface area contributed by atoms with Crippen LogP contribution in [0.15, 0.2) is 43.0 Å². The molecule has 2 heterocycles. The number of benzene rings is 1. The highest BCUT2D eigenvalue weighted by Crippen LogP contribution is 2.22. The van der Waals surface area contributed by atoms with Crippen LogP contribution in [0.2, 0.25) is 0 Å². The van der Waals surface area contributed by atoms with E-state index in [9.17, 15) is 4.79 Å². The molecule has 1 aromatic carbocycles. The first-order chi connectivity index (χ1) is 12.2. The van der Waals surface area contributed by atoms with Crippen LogP contribution in [0.3, 0.4) is 0 Å². The van der Waals surface area contributed by atoms with E-state index in [-0.39, 0.29) is 5.91 Å². The highest BCUT2D eigenvalue weighted by atomic mass is 16.1. The number of amides is 1. The van der Waals surface area contributed by atoms with Gasteiger partial charge in [-0.1, -0.05) is 6.08 Å². The second kappa shape index (κ2) is 7.79. The second-order valence-electron chi connectivity index (χ2n) is 6.08. The van der Waals surface area contributed by atoms with E-state index in [0.717, 1.165) is 24.5 Å². The molecule has 6 nitrogen and oxygen atoms in total. The first-order valence-electron chi connectivity index (χ1n) is 8.52. The fraction of sp³-hybridized carbons (Fsp3) is 0.316. The van der Waals surface area contributed by atoms with Gasteiger partial charge in [0.25, 0.3) is 5.91 Å². The van der Waals surface area contributed by atoms with Gasteiger partial charge < -0.3 is 15.5 Å². The van der Waals surface area contributed by atoms with Crippen molar-refractivity contribution in [2.24, 2.45) is 0 Å². The SMILES string of the molecule is C=CCNc1nc(C)cc(C(=O)Nc2ccc(N3CCCC3)cc2)n1. The zero-order valence-corrected chi connectivity index (χ0v) is 14.5. The lowest BCUT2D eigenvalue weighted by atomic mass is 10.2. The normalized spacial score (nSPS) is 13.6. The zero-order chi connectivity index (χ0) is 17.6. The van der Waals surface area contributed by atoms with Gasteiger partial charge >= 0.3 is 0 Å². The molecule has 0 spiro atoms. The molecule has 0 unspecified atom stereocenters. The minimum Gasteiger partial charge on any atom is -0.372 e. The number of hydrogen-bond acceptors (Lipinski definition) is 5. The number of anilines is 3. The Kier molecular flexibility index (Phi) is 5.28. The lowest BCUT2D eigenvalue weighted by molar-refractivity contribution is 0.102. The molecule has 1 aliphatic rings. The van der Waals surface area contributed by atoms with Crippen LogP contribution in [-0.2, 0) is 0 Å². The summed E-state index contributed by atoms with van der Waals surface area (Å²) in [5.74, 6) is 0.176. The Balaban J connectivity index is 1.69. The van der Waals surface area contributed by atoms with Crippen molar-refractivity contribution >= 4 is 23.2 Å². The largest absolute Gasteiger partial charge is 0.372 e. The van der Waals surface area contributed by atoms with Gasteiger partial charge in [-0.05, 0) is 50.1 Å². The van der Waals surface area contributed by atoms with Crippen LogP contribution in [-0.4, -0.2) is 35.5 Å². The van der Waals surface area contributed by atoms with E-state index in [1.54, 1.807) is 12.1 Å². The number of carbonyl (C=O) groups excluding carboxylic acids is 1. The average molecular weight is 337 g/mol. The molecule has 0 saturated carbocycles. The molecule has 1 saturated heterocycles. The van der Waals surface area contributed by atoms with Crippen molar-refractivity contribution in [2.45, 2.75) is 19.8 Å². The van der Waals surface area contributed by atoms with Gasteiger partial charge in [0.15, 0.2) is 0 Å². The fourth-order valence-corrected chi connectivity index (χ4v) is 2.85. The molecule has 2 aromatic rings. The Morgan fingerprint density at radius 2 is 1.96 bits per heavy atom. The van der Waals surface area contributed by atoms with Crippen LogP contribution >= 0.6 is 0 Å². The van der Waals surface area contributed by atoms with Gasteiger partial charge in [0.2, 0.25) is 5.95 Å². The molecule has 1 amide bonds. The van der Waals surface area contributed by atoms with Crippen LogP contribution in [0.5, 0.6) is 0 Å². The van der Waals surface area contributed by atoms with Crippen LogP contribution < -0.4 is 15.5 Å². The molecule has 2 N–H and O–H groups in total. The third kappa shape index (κ3) is 4.35. The molecule has 6 heteroatoms. The van der Waals surface area contributed by atoms with Crippen molar-refractivity contribution in [3.05, 3.63) is 54.4 Å². The highest BCUT2D eigenvalue weighted by molar-refractivity contribution is 6.03. The fourth-order valence-electron chi connectivity index (χ4n) is 2.85. The Labute approximate surface area is 148 Å². The van der Waals surface area contributed by atoms with Crippen LogP contribution in [0.1, 0.15) is 29.0 Å². The predicted molar refractivity (Wildman–Crippen MR) is 101 cm³/mol. The van der Waals surface area contributed by atoms with Crippen LogP contribution in [0.4, 0.5) is 17.3 Å². The van der Waals surface area contributed by atoms with Gasteiger partial charge in [-0.3, -0.25) is 4.79 Å². The van der Waals surface area contributed by atoms with Gasteiger partial charge in [-0.2, -0.15) is 0 Å². The van der Waals surface area contributed by atoms with E-state index in [4.69, 9.17) is 0 Å². The zero-order valence-electron chi connectivity index (χ0n) is 14.5. The summed E-state index contributed by atoms with van der Waals surface area (Å²) in [6, 6.07) is 9.62. The third-order valence-electron chi connectivity index (χ3n) is 4.09. The maximum Gasteiger partial charge on any atom is 0.274 e. The van der Waals surface area contributed by atoms with E-state index >= 15 is 0 Å². The second-order valence-corrected chi connectivity index (χ2v) is 6.08. The van der Waals surface area contributed by atoms with Gasteiger partial charge in [-0.15, -0.1) is 6.58 Å².